The summed E-state index contributed by atoms with van der Waals surface area (Å²) in [7, 11) is 0. The number of aromatic nitrogens is 1. The maximum absolute atomic E-state index is 6.15. The lowest BCUT2D eigenvalue weighted by Gasteiger charge is -2.12. The van der Waals surface area contributed by atoms with E-state index in [1.807, 2.05) is 24.3 Å². The Bertz CT molecular complexity index is 563. The lowest BCUT2D eigenvalue weighted by Crippen LogP contribution is -2.12. The Morgan fingerprint density at radius 2 is 2.16 bits per heavy atom. The van der Waals surface area contributed by atoms with Crippen LogP contribution in [0.2, 0.25) is 5.02 Å². The fourth-order valence-electron chi connectivity index (χ4n) is 1.58. The number of nitrogens with zero attached hydrogens (tertiary/aromatic N) is 1. The van der Waals surface area contributed by atoms with Crippen molar-refractivity contribution in [2.24, 2.45) is 0 Å². The fourth-order valence-corrected chi connectivity index (χ4v) is 2.29. The Hall–Kier alpha value is -1.10. The van der Waals surface area contributed by atoms with Crippen molar-refractivity contribution in [2.75, 3.05) is 6.54 Å². The van der Waals surface area contributed by atoms with Crippen molar-refractivity contribution >= 4 is 27.5 Å². The third-order valence-corrected chi connectivity index (χ3v) is 3.33. The molecule has 1 N–H and O–H groups in total. The third-order valence-electron chi connectivity index (χ3n) is 2.54. The summed E-state index contributed by atoms with van der Waals surface area (Å²) in [6.45, 7) is 3.67. The summed E-state index contributed by atoms with van der Waals surface area (Å²) in [5.74, 6) is 1.40. The molecule has 1 aromatic heterocycles. The second-order valence-electron chi connectivity index (χ2n) is 3.94. The predicted octanol–water partition coefficient (Wildman–Crippen LogP) is 4.40. The summed E-state index contributed by atoms with van der Waals surface area (Å²) < 4.78 is 6.78. The fraction of sp³-hybridized carbons (Fsp3) is 0.214. The van der Waals surface area contributed by atoms with Gasteiger partial charge in [-0.3, -0.25) is 4.98 Å². The van der Waals surface area contributed by atoms with E-state index in [1.54, 1.807) is 12.4 Å². The first-order chi connectivity index (χ1) is 9.20. The molecule has 2 rings (SSSR count). The summed E-state index contributed by atoms with van der Waals surface area (Å²) in [6.07, 6.45) is 3.50. The molecule has 0 aliphatic heterocycles. The van der Waals surface area contributed by atoms with E-state index >= 15 is 0 Å². The molecule has 0 aliphatic rings. The van der Waals surface area contributed by atoms with Crippen LogP contribution in [0.5, 0.6) is 11.5 Å². The highest BCUT2D eigenvalue weighted by Gasteiger charge is 2.07. The molecule has 0 atom stereocenters. The molecule has 19 heavy (non-hydrogen) atoms. The number of hydrogen-bond donors (Lipinski definition) is 1. The van der Waals surface area contributed by atoms with E-state index in [0.29, 0.717) is 17.3 Å². The molecule has 0 saturated carbocycles. The molecule has 5 heteroatoms. The summed E-state index contributed by atoms with van der Waals surface area (Å²) in [5, 5.41) is 3.82. The number of ether oxygens (including phenoxy) is 1. The van der Waals surface area contributed by atoms with Gasteiger partial charge in [0.15, 0.2) is 0 Å². The molecule has 0 radical (unpaired) electrons. The van der Waals surface area contributed by atoms with E-state index in [9.17, 15) is 0 Å². The summed E-state index contributed by atoms with van der Waals surface area (Å²) in [4.78, 5) is 4.12. The molecule has 1 heterocycles. The van der Waals surface area contributed by atoms with Crippen molar-refractivity contribution in [3.63, 3.8) is 0 Å². The molecular formula is C14H14BrClN2O. The number of rotatable bonds is 5. The van der Waals surface area contributed by atoms with Crippen molar-refractivity contribution in [1.29, 1.82) is 0 Å². The van der Waals surface area contributed by atoms with Gasteiger partial charge in [0.2, 0.25) is 0 Å². The van der Waals surface area contributed by atoms with Gasteiger partial charge >= 0.3 is 0 Å². The van der Waals surface area contributed by atoms with Gasteiger partial charge in [0.05, 0.1) is 5.02 Å². The largest absolute Gasteiger partial charge is 0.455 e. The van der Waals surface area contributed by atoms with Crippen LogP contribution < -0.4 is 10.1 Å². The minimum absolute atomic E-state index is 0.570. The minimum Gasteiger partial charge on any atom is -0.455 e. The first-order valence-electron chi connectivity index (χ1n) is 5.97. The second kappa shape index (κ2) is 6.89. The number of benzene rings is 1. The molecule has 3 nitrogen and oxygen atoms in total. The van der Waals surface area contributed by atoms with Crippen LogP contribution in [0.25, 0.3) is 0 Å². The topological polar surface area (TPSA) is 34.2 Å². The maximum atomic E-state index is 6.15. The third kappa shape index (κ3) is 3.93. The Morgan fingerprint density at radius 3 is 2.89 bits per heavy atom. The summed E-state index contributed by atoms with van der Waals surface area (Å²) >= 11 is 9.52. The lowest BCUT2D eigenvalue weighted by molar-refractivity contribution is 0.472. The maximum Gasteiger partial charge on any atom is 0.146 e. The van der Waals surface area contributed by atoms with Crippen LogP contribution in [0.3, 0.4) is 0 Å². The van der Waals surface area contributed by atoms with Crippen molar-refractivity contribution in [3.8, 4) is 11.5 Å². The van der Waals surface area contributed by atoms with Gasteiger partial charge in [-0.2, -0.15) is 0 Å². The second-order valence-corrected chi connectivity index (χ2v) is 5.26. The van der Waals surface area contributed by atoms with E-state index in [1.165, 1.54) is 0 Å². The Labute approximate surface area is 126 Å². The van der Waals surface area contributed by atoms with Gasteiger partial charge in [-0.1, -0.05) is 34.5 Å². The van der Waals surface area contributed by atoms with E-state index in [-0.39, 0.29) is 0 Å². The van der Waals surface area contributed by atoms with Gasteiger partial charge in [-0.05, 0) is 30.8 Å². The lowest BCUT2D eigenvalue weighted by atomic mass is 10.2. The van der Waals surface area contributed by atoms with Crippen LogP contribution in [-0.2, 0) is 6.54 Å². The molecule has 0 unspecified atom stereocenters. The van der Waals surface area contributed by atoms with E-state index in [0.717, 1.165) is 22.3 Å². The van der Waals surface area contributed by atoms with Crippen LogP contribution in [0.15, 0.2) is 41.1 Å². The molecule has 0 spiro atoms. The Kier molecular flexibility index (Phi) is 5.19. The molecular weight excluding hydrogens is 328 g/mol. The predicted molar refractivity (Wildman–Crippen MR) is 80.8 cm³/mol. The first kappa shape index (κ1) is 14.3. The number of nitrogens with one attached hydrogen (secondary N) is 1. The van der Waals surface area contributed by atoms with Crippen LogP contribution in [0, 0.1) is 0 Å². The quantitative estimate of drug-likeness (QED) is 0.875. The molecule has 0 saturated heterocycles. The standard InChI is InChI=1S/C14H14BrClN2O/c1-2-17-8-10-9-18-6-5-13(10)19-14-4-3-11(15)7-12(14)16/h3-7,9,17H,2,8H2,1H3. The zero-order valence-corrected chi connectivity index (χ0v) is 12.8. The molecule has 100 valence electrons. The normalized spacial score (nSPS) is 10.5. The molecule has 2 aromatic rings. The highest BCUT2D eigenvalue weighted by Crippen LogP contribution is 2.32. The summed E-state index contributed by atoms with van der Waals surface area (Å²) in [6, 6.07) is 7.38. The zero-order chi connectivity index (χ0) is 13.7. The van der Waals surface area contributed by atoms with Gasteiger partial charge in [0, 0.05) is 29.0 Å². The minimum atomic E-state index is 0.570. The smallest absolute Gasteiger partial charge is 0.146 e. The van der Waals surface area contributed by atoms with E-state index in [4.69, 9.17) is 16.3 Å². The van der Waals surface area contributed by atoms with Crippen LogP contribution in [-0.4, -0.2) is 11.5 Å². The monoisotopic (exact) mass is 340 g/mol. The molecule has 0 aliphatic carbocycles. The van der Waals surface area contributed by atoms with Gasteiger partial charge in [0.25, 0.3) is 0 Å². The van der Waals surface area contributed by atoms with Gasteiger partial charge < -0.3 is 10.1 Å². The van der Waals surface area contributed by atoms with E-state index < -0.39 is 0 Å². The van der Waals surface area contributed by atoms with Crippen molar-refractivity contribution < 1.29 is 4.74 Å². The zero-order valence-electron chi connectivity index (χ0n) is 10.5. The average molecular weight is 342 g/mol. The van der Waals surface area contributed by atoms with Crippen LogP contribution in [0.4, 0.5) is 0 Å². The van der Waals surface area contributed by atoms with Gasteiger partial charge in [-0.15, -0.1) is 0 Å². The Morgan fingerprint density at radius 1 is 1.32 bits per heavy atom. The average Bonchev–Trinajstić information content (AvgIpc) is 2.41. The number of halogens is 2. The Balaban J connectivity index is 2.22. The van der Waals surface area contributed by atoms with Gasteiger partial charge in [-0.25, -0.2) is 0 Å². The summed E-state index contributed by atoms with van der Waals surface area (Å²) in [5.41, 5.74) is 1.00. The molecule has 0 bridgehead atoms. The first-order valence-corrected chi connectivity index (χ1v) is 7.14. The van der Waals surface area contributed by atoms with Crippen molar-refractivity contribution in [2.45, 2.75) is 13.5 Å². The number of hydrogen-bond acceptors (Lipinski definition) is 3. The number of pyridine rings is 1. The van der Waals surface area contributed by atoms with E-state index in [2.05, 4.69) is 33.2 Å². The molecule has 0 amide bonds. The SMILES string of the molecule is CCNCc1cnccc1Oc1ccc(Br)cc1Cl. The highest BCUT2D eigenvalue weighted by molar-refractivity contribution is 9.10. The van der Waals surface area contributed by atoms with Gasteiger partial charge in [0.1, 0.15) is 11.5 Å². The molecule has 0 fully saturated rings. The highest BCUT2D eigenvalue weighted by atomic mass is 79.9. The molecule has 1 aromatic carbocycles. The van der Waals surface area contributed by atoms with Crippen molar-refractivity contribution in [3.05, 3.63) is 51.7 Å². The van der Waals surface area contributed by atoms with Crippen LogP contribution >= 0.6 is 27.5 Å². The van der Waals surface area contributed by atoms with Crippen molar-refractivity contribution in [1.82, 2.24) is 10.3 Å². The van der Waals surface area contributed by atoms with Crippen LogP contribution in [0.1, 0.15) is 12.5 Å².